The first kappa shape index (κ1) is 20.7. The van der Waals surface area contributed by atoms with Crippen LogP contribution in [-0.2, 0) is 25.7 Å². The number of anilines is 1. The molecule has 3 heterocycles. The van der Waals surface area contributed by atoms with Crippen LogP contribution >= 0.6 is 11.6 Å². The number of fused-ring (bicyclic) bond motifs is 2. The summed E-state index contributed by atoms with van der Waals surface area (Å²) >= 11 is 6.05. The quantitative estimate of drug-likeness (QED) is 0.407. The Hall–Kier alpha value is -2.92. The molecular weight excluding hydrogens is 430 g/mol. The minimum atomic E-state index is 0.684. The number of hydrogen-bond acceptors (Lipinski definition) is 4. The van der Waals surface area contributed by atoms with Crippen molar-refractivity contribution in [2.75, 3.05) is 18.0 Å². The van der Waals surface area contributed by atoms with Crippen molar-refractivity contribution in [1.29, 1.82) is 0 Å². The molecule has 0 radical (unpaired) electrons. The summed E-state index contributed by atoms with van der Waals surface area (Å²) in [5, 5.41) is 5.69. The zero-order valence-electron chi connectivity index (χ0n) is 18.8. The molecule has 0 unspecified atom stereocenters. The highest BCUT2D eigenvalue weighted by molar-refractivity contribution is 6.30. The zero-order chi connectivity index (χ0) is 22.2. The van der Waals surface area contributed by atoms with Gasteiger partial charge in [0.05, 0.1) is 5.69 Å². The van der Waals surface area contributed by atoms with Crippen molar-refractivity contribution in [1.82, 2.24) is 19.6 Å². The first-order chi connectivity index (χ1) is 16.2. The van der Waals surface area contributed by atoms with Crippen LogP contribution in [0.5, 0.6) is 0 Å². The standard InChI is InChI=1S/C27H28ClN5/c28-22-11-9-20(10-12-22)18-25-30-27-29-24-8-4-7-23(24)26(33(27)31-25)32-15-13-21(14-16-32)17-19-5-2-1-3-6-19/h1-3,5-6,9-12,21H,4,7-8,13-18H2. The van der Waals surface area contributed by atoms with Gasteiger partial charge in [-0.1, -0.05) is 54.1 Å². The van der Waals surface area contributed by atoms with E-state index in [2.05, 4.69) is 35.2 Å². The summed E-state index contributed by atoms with van der Waals surface area (Å²) in [6.45, 7) is 2.13. The van der Waals surface area contributed by atoms with Gasteiger partial charge in [-0.15, -0.1) is 5.10 Å². The van der Waals surface area contributed by atoms with Crippen molar-refractivity contribution >= 4 is 23.2 Å². The molecule has 0 amide bonds. The molecule has 1 aliphatic heterocycles. The van der Waals surface area contributed by atoms with Gasteiger partial charge in [-0.3, -0.25) is 0 Å². The lowest BCUT2D eigenvalue weighted by Gasteiger charge is -2.34. The maximum absolute atomic E-state index is 6.05. The molecule has 0 N–H and O–H groups in total. The molecule has 1 saturated heterocycles. The fourth-order valence-corrected chi connectivity index (χ4v) is 5.51. The Morgan fingerprint density at radius 3 is 2.45 bits per heavy atom. The maximum atomic E-state index is 6.05. The van der Waals surface area contributed by atoms with E-state index in [-0.39, 0.29) is 0 Å². The molecule has 2 aromatic carbocycles. The Balaban J connectivity index is 1.27. The molecule has 33 heavy (non-hydrogen) atoms. The van der Waals surface area contributed by atoms with E-state index in [0.717, 1.165) is 54.0 Å². The highest BCUT2D eigenvalue weighted by atomic mass is 35.5. The molecule has 0 spiro atoms. The van der Waals surface area contributed by atoms with Gasteiger partial charge in [0.2, 0.25) is 0 Å². The van der Waals surface area contributed by atoms with Crippen molar-refractivity contribution in [2.24, 2.45) is 5.92 Å². The molecule has 2 aliphatic rings. The Morgan fingerprint density at radius 2 is 1.67 bits per heavy atom. The monoisotopic (exact) mass is 457 g/mol. The number of halogens is 1. The number of rotatable bonds is 5. The van der Waals surface area contributed by atoms with E-state index in [1.807, 2.05) is 28.8 Å². The fourth-order valence-electron chi connectivity index (χ4n) is 5.38. The van der Waals surface area contributed by atoms with Gasteiger partial charge in [-0.05, 0) is 67.7 Å². The molecule has 0 bridgehead atoms. The summed E-state index contributed by atoms with van der Waals surface area (Å²) in [7, 11) is 0. The van der Waals surface area contributed by atoms with Crippen LogP contribution in [0.3, 0.4) is 0 Å². The van der Waals surface area contributed by atoms with Gasteiger partial charge >= 0.3 is 0 Å². The van der Waals surface area contributed by atoms with E-state index >= 15 is 0 Å². The first-order valence-electron chi connectivity index (χ1n) is 12.0. The van der Waals surface area contributed by atoms with Crippen LogP contribution in [0, 0.1) is 5.92 Å². The topological polar surface area (TPSA) is 46.3 Å². The molecule has 168 valence electrons. The highest BCUT2D eigenvalue weighted by Gasteiger charge is 2.28. The predicted molar refractivity (Wildman–Crippen MR) is 132 cm³/mol. The second kappa shape index (κ2) is 8.79. The van der Waals surface area contributed by atoms with Crippen LogP contribution in [-0.4, -0.2) is 32.7 Å². The third-order valence-corrected chi connectivity index (χ3v) is 7.34. The maximum Gasteiger partial charge on any atom is 0.254 e. The lowest BCUT2D eigenvalue weighted by atomic mass is 9.90. The van der Waals surface area contributed by atoms with Crippen molar-refractivity contribution < 1.29 is 0 Å². The minimum absolute atomic E-state index is 0.684. The number of hydrogen-bond donors (Lipinski definition) is 0. The van der Waals surface area contributed by atoms with Crippen molar-refractivity contribution in [3.05, 3.63) is 87.8 Å². The zero-order valence-corrected chi connectivity index (χ0v) is 19.5. The molecular formula is C27H28ClN5. The Labute approximate surface area is 199 Å². The molecule has 0 saturated carbocycles. The molecule has 1 aliphatic carbocycles. The number of piperidine rings is 1. The summed E-state index contributed by atoms with van der Waals surface area (Å²) in [5.74, 6) is 3.53. The van der Waals surface area contributed by atoms with Gasteiger partial charge in [0, 0.05) is 30.1 Å². The van der Waals surface area contributed by atoms with Crippen LogP contribution in [0.4, 0.5) is 5.82 Å². The average molecular weight is 458 g/mol. The Morgan fingerprint density at radius 1 is 0.879 bits per heavy atom. The van der Waals surface area contributed by atoms with E-state index in [9.17, 15) is 0 Å². The molecule has 2 aromatic heterocycles. The van der Waals surface area contributed by atoms with Gasteiger partial charge in [0.15, 0.2) is 5.82 Å². The van der Waals surface area contributed by atoms with E-state index in [1.165, 1.54) is 48.3 Å². The SMILES string of the molecule is Clc1ccc(Cc2nc3nc4c(c(N5CCC(Cc6ccccc6)CC5)n3n2)CCC4)cc1. The van der Waals surface area contributed by atoms with Gasteiger partial charge in [-0.2, -0.15) is 9.50 Å². The third-order valence-electron chi connectivity index (χ3n) is 7.08. The van der Waals surface area contributed by atoms with Crippen molar-refractivity contribution in [3.63, 3.8) is 0 Å². The van der Waals surface area contributed by atoms with Gasteiger partial charge < -0.3 is 4.90 Å². The second-order valence-corrected chi connectivity index (χ2v) is 9.81. The first-order valence-corrected chi connectivity index (χ1v) is 12.4. The number of aromatic nitrogens is 4. The molecule has 5 nitrogen and oxygen atoms in total. The summed E-state index contributed by atoms with van der Waals surface area (Å²) in [5.41, 5.74) is 5.21. The molecule has 6 heteroatoms. The molecule has 0 atom stereocenters. The molecule has 1 fully saturated rings. The lowest BCUT2D eigenvalue weighted by molar-refractivity contribution is 0.400. The number of nitrogens with zero attached hydrogens (tertiary/aromatic N) is 5. The van der Waals surface area contributed by atoms with Gasteiger partial charge in [0.25, 0.3) is 5.78 Å². The van der Waals surface area contributed by atoms with E-state index in [4.69, 9.17) is 26.7 Å². The largest absolute Gasteiger partial charge is 0.356 e. The predicted octanol–water partition coefficient (Wildman–Crippen LogP) is 5.32. The van der Waals surface area contributed by atoms with Crippen LogP contribution in [0.2, 0.25) is 5.02 Å². The van der Waals surface area contributed by atoms with Gasteiger partial charge in [-0.25, -0.2) is 4.98 Å². The van der Waals surface area contributed by atoms with E-state index in [1.54, 1.807) is 0 Å². The average Bonchev–Trinajstić information content (AvgIpc) is 3.46. The van der Waals surface area contributed by atoms with Gasteiger partial charge in [0.1, 0.15) is 5.82 Å². The van der Waals surface area contributed by atoms with E-state index < -0.39 is 0 Å². The van der Waals surface area contributed by atoms with Crippen molar-refractivity contribution in [2.45, 2.75) is 44.9 Å². The molecule has 6 rings (SSSR count). The highest BCUT2D eigenvalue weighted by Crippen LogP contribution is 2.34. The fraction of sp³-hybridized carbons (Fsp3) is 0.370. The van der Waals surface area contributed by atoms with Crippen LogP contribution in [0.1, 0.15) is 47.5 Å². The summed E-state index contributed by atoms with van der Waals surface area (Å²) in [6, 6.07) is 18.8. The smallest absolute Gasteiger partial charge is 0.254 e. The number of benzene rings is 2. The minimum Gasteiger partial charge on any atom is -0.356 e. The molecule has 4 aromatic rings. The normalized spacial score (nSPS) is 16.5. The van der Waals surface area contributed by atoms with Crippen molar-refractivity contribution in [3.8, 4) is 0 Å². The summed E-state index contributed by atoms with van der Waals surface area (Å²) < 4.78 is 2.02. The van der Waals surface area contributed by atoms with Crippen LogP contribution < -0.4 is 4.90 Å². The summed E-state index contributed by atoms with van der Waals surface area (Å²) in [4.78, 5) is 12.3. The lowest BCUT2D eigenvalue weighted by Crippen LogP contribution is -2.36. The van der Waals surface area contributed by atoms with Crippen LogP contribution in [0.15, 0.2) is 54.6 Å². The van der Waals surface area contributed by atoms with E-state index in [0.29, 0.717) is 6.42 Å². The second-order valence-electron chi connectivity index (χ2n) is 9.38. The Kier molecular flexibility index (Phi) is 5.50. The van der Waals surface area contributed by atoms with Crippen LogP contribution in [0.25, 0.3) is 5.78 Å². The Bertz CT molecular complexity index is 1260. The number of aryl methyl sites for hydroxylation is 1. The third kappa shape index (κ3) is 4.22. The summed E-state index contributed by atoms with van der Waals surface area (Å²) in [6.07, 6.45) is 7.58.